The number of carboxylic acid groups (broad SMARTS) is 1. The molecule has 212 valence electrons. The molecule has 2 N–H and O–H groups in total. The normalized spacial score (nSPS) is 21.1. The Kier molecular flexibility index (Phi) is 8.42. The van der Waals surface area contributed by atoms with E-state index in [2.05, 4.69) is 5.32 Å². The van der Waals surface area contributed by atoms with E-state index in [4.69, 9.17) is 16.3 Å². The quantitative estimate of drug-likeness (QED) is 0.377. The van der Waals surface area contributed by atoms with E-state index in [1.165, 1.54) is 6.07 Å². The van der Waals surface area contributed by atoms with E-state index in [-0.39, 0.29) is 46.7 Å². The summed E-state index contributed by atoms with van der Waals surface area (Å²) in [5.41, 5.74) is 1.65. The van der Waals surface area contributed by atoms with Crippen LogP contribution in [0.15, 0.2) is 42.6 Å². The van der Waals surface area contributed by atoms with Crippen LogP contribution in [0.5, 0.6) is 0 Å². The third kappa shape index (κ3) is 6.00. The fourth-order valence-electron chi connectivity index (χ4n) is 5.86. The summed E-state index contributed by atoms with van der Waals surface area (Å²) in [5.74, 6) is -2.28. The number of aryl methyl sites for hydroxylation is 1. The molecule has 2 aliphatic rings. The molecule has 10 heteroatoms. The molecule has 5 rings (SSSR count). The van der Waals surface area contributed by atoms with Gasteiger partial charge in [-0.05, 0) is 62.3 Å². The maximum atomic E-state index is 15.1. The molecule has 1 aliphatic heterocycles. The van der Waals surface area contributed by atoms with Crippen LogP contribution in [-0.4, -0.2) is 57.7 Å². The molecule has 2 aromatic carbocycles. The highest BCUT2D eigenvalue weighted by Crippen LogP contribution is 2.30. The molecule has 1 atom stereocenters. The van der Waals surface area contributed by atoms with Crippen LogP contribution in [0.1, 0.15) is 54.4 Å². The summed E-state index contributed by atoms with van der Waals surface area (Å²) in [7, 11) is 1.85. The highest BCUT2D eigenvalue weighted by atomic mass is 35.5. The van der Waals surface area contributed by atoms with Gasteiger partial charge in [0.05, 0.1) is 47.4 Å². The number of ether oxygens (including phenoxy) is 1. The van der Waals surface area contributed by atoms with E-state index in [1.54, 1.807) is 11.1 Å². The molecule has 1 unspecified atom stereocenters. The number of likely N-dealkylation sites (tertiary alicyclic amines) is 1. The highest BCUT2D eigenvalue weighted by molar-refractivity contribution is 6.34. The number of halogens is 2. The molecule has 1 saturated carbocycles. The van der Waals surface area contributed by atoms with Crippen molar-refractivity contribution in [2.45, 2.75) is 57.1 Å². The number of fused-ring (bicyclic) bond motifs is 1. The van der Waals surface area contributed by atoms with Gasteiger partial charge in [-0.15, -0.1) is 0 Å². The zero-order chi connectivity index (χ0) is 28.4. The number of rotatable bonds is 8. The average Bonchev–Trinajstić information content (AvgIpc) is 3.55. The van der Waals surface area contributed by atoms with Gasteiger partial charge in [0.15, 0.2) is 0 Å². The van der Waals surface area contributed by atoms with Gasteiger partial charge in [0.25, 0.3) is 5.91 Å². The Morgan fingerprint density at radius 2 is 1.88 bits per heavy atom. The van der Waals surface area contributed by atoms with Crippen molar-refractivity contribution in [1.29, 1.82) is 0 Å². The predicted octanol–water partition coefficient (Wildman–Crippen LogP) is 5.42. The molecule has 0 radical (unpaired) electrons. The second-order valence-electron chi connectivity index (χ2n) is 10.8. The third-order valence-electron chi connectivity index (χ3n) is 8.11. The van der Waals surface area contributed by atoms with E-state index in [9.17, 15) is 19.5 Å². The molecule has 0 bridgehead atoms. The molecule has 8 nitrogen and oxygen atoms in total. The van der Waals surface area contributed by atoms with Gasteiger partial charge >= 0.3 is 5.97 Å². The highest BCUT2D eigenvalue weighted by Gasteiger charge is 2.32. The lowest BCUT2D eigenvalue weighted by atomic mass is 9.87. The Hall–Kier alpha value is -3.43. The number of benzene rings is 2. The molecule has 2 amide bonds. The topological polar surface area (TPSA) is 101 Å². The molecule has 3 aromatic rings. The van der Waals surface area contributed by atoms with E-state index in [1.807, 2.05) is 35.9 Å². The number of anilines is 1. The van der Waals surface area contributed by atoms with Gasteiger partial charge in [0.1, 0.15) is 5.82 Å². The van der Waals surface area contributed by atoms with E-state index in [0.29, 0.717) is 44.4 Å². The van der Waals surface area contributed by atoms with Crippen LogP contribution in [0.25, 0.3) is 10.9 Å². The monoisotopic (exact) mass is 569 g/mol. The number of nitrogens with one attached hydrogen (secondary N) is 1. The van der Waals surface area contributed by atoms with Gasteiger partial charge < -0.3 is 24.6 Å². The number of nitrogens with zero attached hydrogens (tertiary/aromatic N) is 2. The predicted molar refractivity (Wildman–Crippen MR) is 150 cm³/mol. The van der Waals surface area contributed by atoms with Crippen LogP contribution in [0.4, 0.5) is 10.1 Å². The summed E-state index contributed by atoms with van der Waals surface area (Å²) < 4.78 is 23.0. The number of amides is 2. The zero-order valence-electron chi connectivity index (χ0n) is 22.4. The van der Waals surface area contributed by atoms with Gasteiger partial charge in [0.2, 0.25) is 5.91 Å². The van der Waals surface area contributed by atoms with Gasteiger partial charge in [0, 0.05) is 30.7 Å². The summed E-state index contributed by atoms with van der Waals surface area (Å²) >= 11 is 6.43. The SMILES string of the molecule is Cn1cc(C(=O)Nc2cc(F)c(CC(=O)N3CCCC3COC3CCC(C(=O)O)CC3)cc2Cl)c2ccccc21. The summed E-state index contributed by atoms with van der Waals surface area (Å²) in [6.45, 7) is 0.962. The fraction of sp³-hybridized carbons (Fsp3) is 0.433. The first-order chi connectivity index (χ1) is 19.2. The van der Waals surface area contributed by atoms with Crippen molar-refractivity contribution in [3.05, 3.63) is 64.6 Å². The standard InChI is InChI=1S/C30H33ClFN3O5/c1-34-16-23(22-6-2-3-7-27(22)34)29(37)33-26-15-25(32)19(13-24(26)31)14-28(36)35-12-4-5-20(35)17-40-21-10-8-18(9-11-21)30(38)39/h2-3,6-7,13,15-16,18,20-21H,4-5,8-12,14,17H2,1H3,(H,33,37)(H,38,39). The Bertz CT molecular complexity index is 1430. The lowest BCUT2D eigenvalue weighted by Gasteiger charge is -2.30. The zero-order valence-corrected chi connectivity index (χ0v) is 23.1. The molecular formula is C30H33ClFN3O5. The van der Waals surface area contributed by atoms with Crippen molar-refractivity contribution in [1.82, 2.24) is 9.47 Å². The number of carbonyl (C=O) groups excluding carboxylic acids is 2. The maximum absolute atomic E-state index is 15.1. The summed E-state index contributed by atoms with van der Waals surface area (Å²) in [4.78, 5) is 39.1. The number of aliphatic carboxylic acids is 1. The van der Waals surface area contributed by atoms with Gasteiger partial charge in [-0.2, -0.15) is 0 Å². The van der Waals surface area contributed by atoms with Crippen LogP contribution in [-0.2, 0) is 27.8 Å². The molecule has 2 fully saturated rings. The number of aromatic nitrogens is 1. The number of para-hydroxylation sites is 1. The van der Waals surface area contributed by atoms with Crippen molar-refractivity contribution < 1.29 is 28.6 Å². The van der Waals surface area contributed by atoms with Crippen LogP contribution in [0.2, 0.25) is 5.02 Å². The smallest absolute Gasteiger partial charge is 0.306 e. The first-order valence-electron chi connectivity index (χ1n) is 13.7. The lowest BCUT2D eigenvalue weighted by Crippen LogP contribution is -2.40. The largest absolute Gasteiger partial charge is 0.481 e. The third-order valence-corrected chi connectivity index (χ3v) is 8.43. The number of hydrogen-bond donors (Lipinski definition) is 2. The van der Waals surface area contributed by atoms with Gasteiger partial charge in [-0.25, -0.2) is 4.39 Å². The fourth-order valence-corrected chi connectivity index (χ4v) is 6.09. The number of carbonyl (C=O) groups is 3. The minimum absolute atomic E-state index is 0.000956. The van der Waals surface area contributed by atoms with E-state index < -0.39 is 17.7 Å². The molecule has 40 heavy (non-hydrogen) atoms. The summed E-state index contributed by atoms with van der Waals surface area (Å²) in [6, 6.07) is 9.96. The second kappa shape index (κ2) is 12.0. The molecule has 2 heterocycles. The Balaban J connectivity index is 1.20. The lowest BCUT2D eigenvalue weighted by molar-refractivity contribution is -0.144. The van der Waals surface area contributed by atoms with Crippen LogP contribution >= 0.6 is 11.6 Å². The molecule has 1 aromatic heterocycles. The molecular weight excluding hydrogens is 537 g/mol. The molecule has 1 saturated heterocycles. The van der Waals surface area contributed by atoms with Gasteiger partial charge in [-0.1, -0.05) is 29.8 Å². The van der Waals surface area contributed by atoms with Crippen molar-refractivity contribution in [2.24, 2.45) is 13.0 Å². The Morgan fingerprint density at radius 3 is 2.62 bits per heavy atom. The van der Waals surface area contributed by atoms with Crippen LogP contribution in [0, 0.1) is 11.7 Å². The second-order valence-corrected chi connectivity index (χ2v) is 11.2. The first-order valence-corrected chi connectivity index (χ1v) is 14.1. The molecule has 0 spiro atoms. The minimum Gasteiger partial charge on any atom is -0.481 e. The van der Waals surface area contributed by atoms with Crippen molar-refractivity contribution in [2.75, 3.05) is 18.5 Å². The van der Waals surface area contributed by atoms with Crippen molar-refractivity contribution >= 4 is 46.0 Å². The molecule has 1 aliphatic carbocycles. The Morgan fingerprint density at radius 1 is 1.12 bits per heavy atom. The average molecular weight is 570 g/mol. The van der Waals surface area contributed by atoms with Gasteiger partial charge in [-0.3, -0.25) is 14.4 Å². The number of hydrogen-bond acceptors (Lipinski definition) is 4. The van der Waals surface area contributed by atoms with Crippen LogP contribution in [0.3, 0.4) is 0 Å². The first kappa shape index (κ1) is 28.1. The van der Waals surface area contributed by atoms with Crippen molar-refractivity contribution in [3.8, 4) is 0 Å². The summed E-state index contributed by atoms with van der Waals surface area (Å²) in [5, 5.41) is 12.8. The minimum atomic E-state index is -0.751. The van der Waals surface area contributed by atoms with Crippen molar-refractivity contribution in [3.63, 3.8) is 0 Å². The maximum Gasteiger partial charge on any atom is 0.306 e. The van der Waals surface area contributed by atoms with E-state index >= 15 is 4.39 Å². The van der Waals surface area contributed by atoms with Crippen LogP contribution < -0.4 is 5.32 Å². The number of carboxylic acids is 1. The van der Waals surface area contributed by atoms with E-state index in [0.717, 1.165) is 29.8 Å². The Labute approximate surface area is 237 Å². The summed E-state index contributed by atoms with van der Waals surface area (Å²) in [6.07, 6.45) is 5.82.